The molecule has 0 saturated heterocycles. The van der Waals surface area contributed by atoms with Crippen molar-refractivity contribution in [2.24, 2.45) is 0 Å². The number of rotatable bonds is 1. The summed E-state index contributed by atoms with van der Waals surface area (Å²) in [6, 6.07) is 0. The van der Waals surface area contributed by atoms with Crippen molar-refractivity contribution in [2.75, 3.05) is 4.43 Å². The molecule has 0 spiro atoms. The van der Waals surface area contributed by atoms with Gasteiger partial charge in [-0.2, -0.15) is 0 Å². The quantitative estimate of drug-likeness (QED) is 0.424. The molecule has 0 fully saturated rings. The van der Waals surface area contributed by atoms with Gasteiger partial charge in [-0.3, -0.25) is 9.14 Å². The van der Waals surface area contributed by atoms with E-state index < -0.39 is 0 Å². The molecule has 0 radical (unpaired) electrons. The number of alkyl halides is 1. The van der Waals surface area contributed by atoms with Gasteiger partial charge in [0.05, 0.1) is 4.43 Å². The summed E-state index contributed by atoms with van der Waals surface area (Å²) in [7, 11) is 0. The maximum atomic E-state index is 10.0. The average molecular weight is 264 g/mol. The third-order valence-corrected chi connectivity index (χ3v) is 1.36. The van der Waals surface area contributed by atoms with Crippen molar-refractivity contribution < 1.29 is 4.79 Å². The molecule has 0 atom stereocenters. The summed E-state index contributed by atoms with van der Waals surface area (Å²) in [5.74, 6) is -0.00407. The largest absolute Gasteiger partial charge is 0.292 e. The van der Waals surface area contributed by atoms with Crippen LogP contribution in [0.4, 0.5) is 0 Å². The Morgan fingerprint density at radius 3 is 2.50 bits per heavy atom. The lowest BCUT2D eigenvalue weighted by atomic mass is 10.8. The molecule has 36 valence electrons. The van der Waals surface area contributed by atoms with E-state index in [4.69, 9.17) is 0 Å². The van der Waals surface area contributed by atoms with Gasteiger partial charge in [0.2, 0.25) is 5.91 Å². The molecule has 0 aromatic heterocycles. The SMILES string of the molecule is O=C(CI)NBr. The zero-order valence-electron chi connectivity index (χ0n) is 2.87. The van der Waals surface area contributed by atoms with E-state index in [0.717, 1.165) is 0 Å². The second kappa shape index (κ2) is 3.86. The summed E-state index contributed by atoms with van der Waals surface area (Å²) in [6.45, 7) is 0. The first-order valence-corrected chi connectivity index (χ1v) is 3.58. The minimum Gasteiger partial charge on any atom is -0.292 e. The molecule has 0 unspecified atom stereocenters. The van der Waals surface area contributed by atoms with Crippen molar-refractivity contribution in [3.8, 4) is 0 Å². The van der Waals surface area contributed by atoms with Crippen LogP contribution in [0.15, 0.2) is 0 Å². The van der Waals surface area contributed by atoms with Crippen LogP contribution in [0.3, 0.4) is 0 Å². The predicted molar refractivity (Wildman–Crippen MR) is 36.0 cm³/mol. The van der Waals surface area contributed by atoms with Gasteiger partial charge < -0.3 is 0 Å². The number of hydrogen-bond donors (Lipinski definition) is 1. The Morgan fingerprint density at radius 2 is 2.50 bits per heavy atom. The first kappa shape index (κ1) is 6.68. The van der Waals surface area contributed by atoms with Gasteiger partial charge in [0.1, 0.15) is 0 Å². The molecule has 1 N–H and O–H groups in total. The van der Waals surface area contributed by atoms with E-state index in [2.05, 4.69) is 20.5 Å². The van der Waals surface area contributed by atoms with Gasteiger partial charge in [0.25, 0.3) is 0 Å². The highest BCUT2D eigenvalue weighted by Gasteiger charge is 1.87. The van der Waals surface area contributed by atoms with Gasteiger partial charge in [0, 0.05) is 16.1 Å². The minimum atomic E-state index is -0.00407. The van der Waals surface area contributed by atoms with E-state index in [1.165, 1.54) is 0 Å². The number of carbonyl (C=O) groups is 1. The molecule has 0 heterocycles. The number of carbonyl (C=O) groups excluding carboxylic acids is 1. The molecule has 0 saturated carbocycles. The normalized spacial score (nSPS) is 7.67. The van der Waals surface area contributed by atoms with E-state index in [-0.39, 0.29) is 5.91 Å². The summed E-state index contributed by atoms with van der Waals surface area (Å²) >= 11 is 4.74. The fourth-order valence-corrected chi connectivity index (χ4v) is 0.880. The third kappa shape index (κ3) is 2.89. The van der Waals surface area contributed by atoms with E-state index in [0.29, 0.717) is 4.43 Å². The summed E-state index contributed by atoms with van der Waals surface area (Å²) in [4.78, 5) is 10.0. The monoisotopic (exact) mass is 263 g/mol. The van der Waals surface area contributed by atoms with Gasteiger partial charge >= 0.3 is 0 Å². The van der Waals surface area contributed by atoms with E-state index in [1.807, 2.05) is 22.6 Å². The molecular weight excluding hydrogens is 261 g/mol. The lowest BCUT2D eigenvalue weighted by molar-refractivity contribution is -0.116. The van der Waals surface area contributed by atoms with Crippen molar-refractivity contribution in [1.29, 1.82) is 0 Å². The number of hydrogen-bond acceptors (Lipinski definition) is 1. The highest BCUT2D eigenvalue weighted by Crippen LogP contribution is 1.79. The average Bonchev–Trinajstić information content (AvgIpc) is 1.65. The standard InChI is InChI=1S/C2H3BrINO/c3-5-2(6)1-4/h1H2,(H,5,6). The molecule has 6 heavy (non-hydrogen) atoms. The summed E-state index contributed by atoms with van der Waals surface area (Å²) < 4.78 is 2.78. The Labute approximate surface area is 58.2 Å². The predicted octanol–water partition coefficient (Wildman–Crippen LogP) is 0.848. The fraction of sp³-hybridized carbons (Fsp3) is 0.500. The van der Waals surface area contributed by atoms with Crippen LogP contribution in [-0.4, -0.2) is 10.3 Å². The molecule has 0 aliphatic heterocycles. The van der Waals surface area contributed by atoms with Gasteiger partial charge in [-0.15, -0.1) is 0 Å². The van der Waals surface area contributed by atoms with Gasteiger partial charge in [-0.05, 0) is 0 Å². The zero-order chi connectivity index (χ0) is 4.99. The van der Waals surface area contributed by atoms with Crippen LogP contribution < -0.4 is 4.34 Å². The summed E-state index contributed by atoms with van der Waals surface area (Å²) in [5.41, 5.74) is 0. The Bertz CT molecular complexity index is 51.5. The van der Waals surface area contributed by atoms with Crippen molar-refractivity contribution in [3.63, 3.8) is 0 Å². The molecule has 0 bridgehead atoms. The van der Waals surface area contributed by atoms with Crippen molar-refractivity contribution in [3.05, 3.63) is 0 Å². The topological polar surface area (TPSA) is 29.1 Å². The van der Waals surface area contributed by atoms with Crippen LogP contribution in [0.1, 0.15) is 0 Å². The molecule has 0 aromatic rings. The third-order valence-electron chi connectivity index (χ3n) is 0.227. The first-order chi connectivity index (χ1) is 2.81. The van der Waals surface area contributed by atoms with Crippen LogP contribution in [-0.2, 0) is 4.79 Å². The van der Waals surface area contributed by atoms with Crippen molar-refractivity contribution in [1.82, 2.24) is 4.34 Å². The number of nitrogens with one attached hydrogen (secondary N) is 1. The molecule has 1 amide bonds. The summed E-state index contributed by atoms with van der Waals surface area (Å²) in [6.07, 6.45) is 0. The fourth-order valence-electron chi connectivity index (χ4n) is 0.0253. The maximum Gasteiger partial charge on any atom is 0.239 e. The van der Waals surface area contributed by atoms with Gasteiger partial charge in [-0.25, -0.2) is 0 Å². The lowest BCUT2D eigenvalue weighted by Crippen LogP contribution is -2.11. The molecule has 0 aromatic carbocycles. The Balaban J connectivity index is 2.99. The lowest BCUT2D eigenvalue weighted by Gasteiger charge is -1.83. The van der Waals surface area contributed by atoms with Crippen LogP contribution in [0, 0.1) is 0 Å². The number of amides is 1. The minimum absolute atomic E-state index is 0.00407. The van der Waals surface area contributed by atoms with Crippen molar-refractivity contribution in [2.45, 2.75) is 0 Å². The summed E-state index contributed by atoms with van der Waals surface area (Å²) in [5, 5.41) is 0. The molecule has 0 aliphatic carbocycles. The van der Waals surface area contributed by atoms with E-state index >= 15 is 0 Å². The van der Waals surface area contributed by atoms with E-state index in [1.54, 1.807) is 0 Å². The molecule has 0 rings (SSSR count). The second-order valence-corrected chi connectivity index (χ2v) is 1.81. The van der Waals surface area contributed by atoms with Crippen LogP contribution in [0.25, 0.3) is 0 Å². The van der Waals surface area contributed by atoms with E-state index in [9.17, 15) is 4.79 Å². The number of halogens is 2. The zero-order valence-corrected chi connectivity index (χ0v) is 6.61. The van der Waals surface area contributed by atoms with Crippen molar-refractivity contribution >= 4 is 44.6 Å². The van der Waals surface area contributed by atoms with Crippen LogP contribution >= 0.6 is 38.7 Å². The van der Waals surface area contributed by atoms with Gasteiger partial charge in [0.15, 0.2) is 0 Å². The second-order valence-electron chi connectivity index (χ2n) is 0.651. The molecule has 0 aliphatic rings. The highest BCUT2D eigenvalue weighted by molar-refractivity contribution is 14.1. The molecule has 4 heteroatoms. The Morgan fingerprint density at radius 1 is 2.00 bits per heavy atom. The first-order valence-electron chi connectivity index (χ1n) is 1.26. The van der Waals surface area contributed by atoms with Crippen LogP contribution in [0.5, 0.6) is 0 Å². The van der Waals surface area contributed by atoms with Gasteiger partial charge in [-0.1, -0.05) is 22.6 Å². The van der Waals surface area contributed by atoms with Crippen LogP contribution in [0.2, 0.25) is 0 Å². The molecule has 2 nitrogen and oxygen atoms in total. The Hall–Kier alpha value is 0.680. The molecular formula is C2H3BrINO. The Kier molecular flexibility index (Phi) is 4.29. The smallest absolute Gasteiger partial charge is 0.239 e. The maximum absolute atomic E-state index is 10.0. The highest BCUT2D eigenvalue weighted by atomic mass is 127.